The molecule has 82 valence electrons. The van der Waals surface area contributed by atoms with Crippen LogP contribution in [0.2, 0.25) is 0 Å². The molecular weight excluding hydrogens is 190 g/mol. The minimum atomic E-state index is 0.489. The number of nitrogens with zero attached hydrogens (tertiary/aromatic N) is 2. The Labute approximate surface area is 90.1 Å². The number of rotatable bonds is 5. The first-order valence-corrected chi connectivity index (χ1v) is 5.57. The first-order valence-electron chi connectivity index (χ1n) is 5.57. The maximum atomic E-state index is 5.71. The summed E-state index contributed by atoms with van der Waals surface area (Å²) >= 11 is 0. The Morgan fingerprint density at radius 2 is 2.00 bits per heavy atom. The van der Waals surface area contributed by atoms with Crippen LogP contribution >= 0.6 is 0 Å². The van der Waals surface area contributed by atoms with E-state index in [0.717, 1.165) is 13.2 Å². The van der Waals surface area contributed by atoms with Crippen molar-refractivity contribution in [3.63, 3.8) is 0 Å². The molecule has 0 aromatic carbocycles. The van der Waals surface area contributed by atoms with Crippen LogP contribution in [0.3, 0.4) is 0 Å². The summed E-state index contributed by atoms with van der Waals surface area (Å²) in [5, 5.41) is 3.12. The van der Waals surface area contributed by atoms with Gasteiger partial charge < -0.3 is 10.1 Å². The van der Waals surface area contributed by atoms with Crippen molar-refractivity contribution in [2.75, 3.05) is 18.5 Å². The van der Waals surface area contributed by atoms with Crippen molar-refractivity contribution in [1.29, 1.82) is 0 Å². The van der Waals surface area contributed by atoms with Crippen LogP contribution in [0.25, 0.3) is 0 Å². The highest BCUT2D eigenvalue weighted by Crippen LogP contribution is 2.20. The lowest BCUT2D eigenvalue weighted by Crippen LogP contribution is -2.16. The summed E-state index contributed by atoms with van der Waals surface area (Å²) in [6.45, 7) is 1.52. The number of aromatic nitrogens is 2. The van der Waals surface area contributed by atoms with Crippen molar-refractivity contribution in [2.45, 2.75) is 31.8 Å². The smallest absolute Gasteiger partial charge is 0.222 e. The summed E-state index contributed by atoms with van der Waals surface area (Å²) in [6.07, 6.45) is 9.03. The van der Waals surface area contributed by atoms with Crippen LogP contribution < -0.4 is 5.32 Å². The molecule has 1 aromatic rings. The van der Waals surface area contributed by atoms with Gasteiger partial charge in [0.2, 0.25) is 5.95 Å². The molecule has 0 aliphatic heterocycles. The van der Waals surface area contributed by atoms with Crippen molar-refractivity contribution in [3.8, 4) is 0 Å². The molecule has 1 fully saturated rings. The average molecular weight is 207 g/mol. The average Bonchev–Trinajstić information content (AvgIpc) is 2.79. The largest absolute Gasteiger partial charge is 0.376 e. The molecule has 1 N–H and O–H groups in total. The Morgan fingerprint density at radius 3 is 2.73 bits per heavy atom. The summed E-state index contributed by atoms with van der Waals surface area (Å²) in [4.78, 5) is 8.14. The molecule has 0 amide bonds. The molecule has 1 aliphatic rings. The fourth-order valence-corrected chi connectivity index (χ4v) is 1.83. The van der Waals surface area contributed by atoms with E-state index in [1.807, 2.05) is 0 Å². The molecule has 4 heteroatoms. The molecule has 0 atom stereocenters. The highest BCUT2D eigenvalue weighted by atomic mass is 16.5. The molecule has 0 radical (unpaired) electrons. The van der Waals surface area contributed by atoms with Crippen molar-refractivity contribution >= 4 is 5.95 Å². The Hall–Kier alpha value is -1.16. The fourth-order valence-electron chi connectivity index (χ4n) is 1.83. The number of hydrogen-bond donors (Lipinski definition) is 1. The van der Waals surface area contributed by atoms with E-state index < -0.39 is 0 Å². The van der Waals surface area contributed by atoms with Crippen molar-refractivity contribution in [3.05, 3.63) is 18.5 Å². The van der Waals surface area contributed by atoms with Crippen LogP contribution in [0.15, 0.2) is 18.5 Å². The summed E-state index contributed by atoms with van der Waals surface area (Å²) in [7, 11) is 0. The molecule has 2 rings (SSSR count). The number of anilines is 1. The molecule has 0 unspecified atom stereocenters. The van der Waals surface area contributed by atoms with Gasteiger partial charge in [-0.05, 0) is 18.9 Å². The van der Waals surface area contributed by atoms with Crippen molar-refractivity contribution < 1.29 is 4.74 Å². The number of ether oxygens (including phenoxy) is 1. The Balaban J connectivity index is 1.59. The van der Waals surface area contributed by atoms with Gasteiger partial charge in [-0.2, -0.15) is 0 Å². The highest BCUT2D eigenvalue weighted by Gasteiger charge is 2.14. The minimum Gasteiger partial charge on any atom is -0.376 e. The lowest BCUT2D eigenvalue weighted by atomic mass is 10.3. The van der Waals surface area contributed by atoms with Crippen LogP contribution in [-0.4, -0.2) is 29.2 Å². The molecular formula is C11H17N3O. The first kappa shape index (κ1) is 10.4. The normalized spacial score (nSPS) is 16.8. The van der Waals surface area contributed by atoms with E-state index in [-0.39, 0.29) is 0 Å². The lowest BCUT2D eigenvalue weighted by molar-refractivity contribution is 0.0658. The van der Waals surface area contributed by atoms with E-state index in [1.165, 1.54) is 25.7 Å². The topological polar surface area (TPSA) is 47.0 Å². The van der Waals surface area contributed by atoms with Gasteiger partial charge in [0.15, 0.2) is 0 Å². The first-order chi connectivity index (χ1) is 7.45. The third-order valence-electron chi connectivity index (χ3n) is 2.61. The SMILES string of the molecule is c1cnc(NCCOC2CCCC2)nc1. The predicted octanol–water partition coefficient (Wildman–Crippen LogP) is 1.85. The molecule has 1 heterocycles. The second-order valence-corrected chi connectivity index (χ2v) is 3.78. The zero-order valence-electron chi connectivity index (χ0n) is 8.85. The zero-order chi connectivity index (χ0) is 10.3. The van der Waals surface area contributed by atoms with E-state index in [1.54, 1.807) is 18.5 Å². The monoisotopic (exact) mass is 207 g/mol. The minimum absolute atomic E-state index is 0.489. The van der Waals surface area contributed by atoms with Gasteiger partial charge in [-0.1, -0.05) is 12.8 Å². The third-order valence-corrected chi connectivity index (χ3v) is 2.61. The van der Waals surface area contributed by atoms with Gasteiger partial charge in [-0.3, -0.25) is 0 Å². The Kier molecular flexibility index (Phi) is 3.91. The summed E-state index contributed by atoms with van der Waals surface area (Å²) in [5.74, 6) is 0.674. The molecule has 1 saturated carbocycles. The summed E-state index contributed by atoms with van der Waals surface area (Å²) < 4.78 is 5.71. The predicted molar refractivity (Wildman–Crippen MR) is 58.7 cm³/mol. The number of nitrogens with one attached hydrogen (secondary N) is 1. The van der Waals surface area contributed by atoms with Crippen LogP contribution in [0.5, 0.6) is 0 Å². The molecule has 0 bridgehead atoms. The Bertz CT molecular complexity index is 272. The van der Waals surface area contributed by atoms with E-state index in [9.17, 15) is 0 Å². The van der Waals surface area contributed by atoms with E-state index >= 15 is 0 Å². The van der Waals surface area contributed by atoms with E-state index in [4.69, 9.17) is 4.74 Å². The van der Waals surface area contributed by atoms with Crippen molar-refractivity contribution in [1.82, 2.24) is 9.97 Å². The van der Waals surface area contributed by atoms with Gasteiger partial charge >= 0.3 is 0 Å². The fraction of sp³-hybridized carbons (Fsp3) is 0.636. The quantitative estimate of drug-likeness (QED) is 0.748. The second kappa shape index (κ2) is 5.66. The van der Waals surface area contributed by atoms with Crippen LogP contribution in [0.1, 0.15) is 25.7 Å². The van der Waals surface area contributed by atoms with Gasteiger partial charge in [0.25, 0.3) is 0 Å². The molecule has 0 spiro atoms. The second-order valence-electron chi connectivity index (χ2n) is 3.78. The third kappa shape index (κ3) is 3.47. The van der Waals surface area contributed by atoms with E-state index in [2.05, 4.69) is 15.3 Å². The van der Waals surface area contributed by atoms with Gasteiger partial charge in [0, 0.05) is 18.9 Å². The number of hydrogen-bond acceptors (Lipinski definition) is 4. The van der Waals surface area contributed by atoms with Gasteiger partial charge in [-0.15, -0.1) is 0 Å². The Morgan fingerprint density at radius 1 is 1.27 bits per heavy atom. The molecule has 1 aliphatic carbocycles. The van der Waals surface area contributed by atoms with Crippen LogP contribution in [0.4, 0.5) is 5.95 Å². The van der Waals surface area contributed by atoms with Crippen molar-refractivity contribution in [2.24, 2.45) is 0 Å². The summed E-state index contributed by atoms with van der Waals surface area (Å²) in [6, 6.07) is 1.81. The van der Waals surface area contributed by atoms with Gasteiger partial charge in [0.1, 0.15) is 0 Å². The molecule has 0 saturated heterocycles. The van der Waals surface area contributed by atoms with E-state index in [0.29, 0.717) is 12.1 Å². The molecule has 15 heavy (non-hydrogen) atoms. The molecule has 4 nitrogen and oxygen atoms in total. The summed E-state index contributed by atoms with van der Waals surface area (Å²) in [5.41, 5.74) is 0. The zero-order valence-corrected chi connectivity index (χ0v) is 8.85. The lowest BCUT2D eigenvalue weighted by Gasteiger charge is -2.11. The maximum Gasteiger partial charge on any atom is 0.222 e. The molecule has 1 aromatic heterocycles. The standard InChI is InChI=1S/C11H17N3O/c1-2-5-10(4-1)15-9-8-14-11-12-6-3-7-13-11/h3,6-7,10H,1-2,4-5,8-9H2,(H,12,13,14). The van der Waals surface area contributed by atoms with Crippen LogP contribution in [-0.2, 0) is 4.74 Å². The van der Waals surface area contributed by atoms with Crippen LogP contribution in [0, 0.1) is 0 Å². The maximum absolute atomic E-state index is 5.71. The van der Waals surface area contributed by atoms with Gasteiger partial charge in [0.05, 0.1) is 12.7 Å². The highest BCUT2D eigenvalue weighted by molar-refractivity contribution is 5.21. The van der Waals surface area contributed by atoms with Gasteiger partial charge in [-0.25, -0.2) is 9.97 Å².